The quantitative estimate of drug-likeness (QED) is 0.791. The first-order valence-electron chi connectivity index (χ1n) is 8.11. The van der Waals surface area contributed by atoms with Crippen molar-refractivity contribution in [2.75, 3.05) is 6.61 Å². The Kier molecular flexibility index (Phi) is 4.38. The third kappa shape index (κ3) is 2.92. The van der Waals surface area contributed by atoms with Crippen molar-refractivity contribution in [3.05, 3.63) is 71.3 Å². The molecule has 1 amide bonds. The summed E-state index contributed by atoms with van der Waals surface area (Å²) < 4.78 is 5.14. The fourth-order valence-electron chi connectivity index (χ4n) is 3.33. The number of esters is 1. The van der Waals surface area contributed by atoms with Crippen molar-refractivity contribution in [2.45, 2.75) is 32.4 Å². The second-order valence-electron chi connectivity index (χ2n) is 6.29. The van der Waals surface area contributed by atoms with E-state index in [1.807, 2.05) is 66.4 Å². The van der Waals surface area contributed by atoms with Gasteiger partial charge in [-0.3, -0.25) is 9.59 Å². The van der Waals surface area contributed by atoms with Gasteiger partial charge in [-0.2, -0.15) is 0 Å². The lowest BCUT2D eigenvalue weighted by molar-refractivity contribution is -0.141. The van der Waals surface area contributed by atoms with Gasteiger partial charge < -0.3 is 9.64 Å². The standard InChI is InChI=1S/C20H21NO3/c1-15(22)24-13-12-20(2)18-11-7-6-10-17(18)19(23)21(20)14-16-8-4-3-5-9-16/h3-11H,12-14H2,1-2H3/t20-/m1/s1. The molecule has 0 spiro atoms. The van der Waals surface area contributed by atoms with E-state index in [4.69, 9.17) is 4.74 Å². The molecule has 0 saturated heterocycles. The number of nitrogens with zero attached hydrogens (tertiary/aromatic N) is 1. The molecule has 0 saturated carbocycles. The molecule has 0 unspecified atom stereocenters. The monoisotopic (exact) mass is 323 g/mol. The lowest BCUT2D eigenvalue weighted by Gasteiger charge is -2.36. The molecule has 0 radical (unpaired) electrons. The Morgan fingerprint density at radius 2 is 1.75 bits per heavy atom. The van der Waals surface area contributed by atoms with Crippen molar-refractivity contribution in [1.82, 2.24) is 4.90 Å². The Morgan fingerprint density at radius 3 is 2.46 bits per heavy atom. The van der Waals surface area contributed by atoms with Gasteiger partial charge in [0.1, 0.15) is 0 Å². The molecule has 0 N–H and O–H groups in total. The minimum Gasteiger partial charge on any atom is -0.466 e. The van der Waals surface area contributed by atoms with E-state index in [2.05, 4.69) is 0 Å². The topological polar surface area (TPSA) is 46.6 Å². The van der Waals surface area contributed by atoms with Crippen LogP contribution < -0.4 is 0 Å². The third-order valence-electron chi connectivity index (χ3n) is 4.66. The number of hydrogen-bond acceptors (Lipinski definition) is 3. The predicted molar refractivity (Wildman–Crippen MR) is 91.4 cm³/mol. The lowest BCUT2D eigenvalue weighted by Crippen LogP contribution is -2.42. The molecule has 0 bridgehead atoms. The molecule has 0 fully saturated rings. The number of amides is 1. The van der Waals surface area contributed by atoms with Gasteiger partial charge in [-0.1, -0.05) is 48.5 Å². The highest BCUT2D eigenvalue weighted by Gasteiger charge is 2.45. The van der Waals surface area contributed by atoms with Crippen molar-refractivity contribution in [3.8, 4) is 0 Å². The van der Waals surface area contributed by atoms with Gasteiger partial charge in [0.2, 0.25) is 0 Å². The van der Waals surface area contributed by atoms with Crippen LogP contribution >= 0.6 is 0 Å². The molecular formula is C20H21NO3. The zero-order chi connectivity index (χ0) is 17.2. The number of carbonyl (C=O) groups excluding carboxylic acids is 2. The van der Waals surface area contributed by atoms with Crippen LogP contribution in [0.1, 0.15) is 41.8 Å². The number of rotatable bonds is 5. The Bertz CT molecular complexity index is 756. The molecule has 1 atom stereocenters. The molecule has 4 heteroatoms. The zero-order valence-corrected chi connectivity index (χ0v) is 14.0. The summed E-state index contributed by atoms with van der Waals surface area (Å²) in [5, 5.41) is 0. The van der Waals surface area contributed by atoms with Crippen LogP contribution in [0.3, 0.4) is 0 Å². The van der Waals surface area contributed by atoms with Gasteiger partial charge in [-0.25, -0.2) is 0 Å². The summed E-state index contributed by atoms with van der Waals surface area (Å²) in [5.41, 5.74) is 2.33. The maximum absolute atomic E-state index is 12.9. The highest BCUT2D eigenvalue weighted by Crippen LogP contribution is 2.42. The van der Waals surface area contributed by atoms with E-state index in [9.17, 15) is 9.59 Å². The average Bonchev–Trinajstić information content (AvgIpc) is 2.78. The normalized spacial score (nSPS) is 19.2. The van der Waals surface area contributed by atoms with Crippen LogP contribution in [0.5, 0.6) is 0 Å². The summed E-state index contributed by atoms with van der Waals surface area (Å²) >= 11 is 0. The van der Waals surface area contributed by atoms with E-state index in [-0.39, 0.29) is 11.9 Å². The van der Waals surface area contributed by atoms with Crippen molar-refractivity contribution in [1.29, 1.82) is 0 Å². The SMILES string of the molecule is CC(=O)OCC[C@]1(C)c2ccccc2C(=O)N1Cc1ccccc1. The summed E-state index contributed by atoms with van der Waals surface area (Å²) in [5.74, 6) is -0.273. The van der Waals surface area contributed by atoms with Gasteiger partial charge in [-0.05, 0) is 24.1 Å². The summed E-state index contributed by atoms with van der Waals surface area (Å²) in [4.78, 5) is 25.9. The van der Waals surface area contributed by atoms with Crippen molar-refractivity contribution < 1.29 is 14.3 Å². The van der Waals surface area contributed by atoms with Gasteiger partial charge in [0.15, 0.2) is 0 Å². The predicted octanol–water partition coefficient (Wildman–Crippen LogP) is 3.51. The summed E-state index contributed by atoms with van der Waals surface area (Å²) in [6.45, 7) is 4.27. The van der Waals surface area contributed by atoms with Gasteiger partial charge in [0.05, 0.1) is 12.1 Å². The summed E-state index contributed by atoms with van der Waals surface area (Å²) in [6.07, 6.45) is 0.572. The van der Waals surface area contributed by atoms with Gasteiger partial charge >= 0.3 is 5.97 Å². The summed E-state index contributed by atoms with van der Waals surface area (Å²) in [6, 6.07) is 17.6. The highest BCUT2D eigenvalue weighted by atomic mass is 16.5. The molecule has 4 nitrogen and oxygen atoms in total. The molecule has 124 valence electrons. The first-order valence-corrected chi connectivity index (χ1v) is 8.11. The lowest BCUT2D eigenvalue weighted by atomic mass is 9.88. The maximum Gasteiger partial charge on any atom is 0.302 e. The molecule has 0 aromatic heterocycles. The number of carbonyl (C=O) groups is 2. The minimum absolute atomic E-state index is 0.0276. The Hall–Kier alpha value is -2.62. The Balaban J connectivity index is 1.93. The van der Waals surface area contributed by atoms with E-state index in [0.717, 1.165) is 16.7 Å². The van der Waals surface area contributed by atoms with E-state index >= 15 is 0 Å². The first-order chi connectivity index (χ1) is 11.5. The van der Waals surface area contributed by atoms with E-state index in [1.54, 1.807) is 0 Å². The van der Waals surface area contributed by atoms with E-state index < -0.39 is 5.54 Å². The molecule has 24 heavy (non-hydrogen) atoms. The molecule has 0 aliphatic carbocycles. The van der Waals surface area contributed by atoms with E-state index in [0.29, 0.717) is 19.6 Å². The number of fused-ring (bicyclic) bond motifs is 1. The number of hydrogen-bond donors (Lipinski definition) is 0. The minimum atomic E-state index is -0.487. The summed E-state index contributed by atoms with van der Waals surface area (Å²) in [7, 11) is 0. The van der Waals surface area contributed by atoms with Crippen LogP contribution in [0, 0.1) is 0 Å². The van der Waals surface area contributed by atoms with Gasteiger partial charge in [-0.15, -0.1) is 0 Å². The fraction of sp³-hybridized carbons (Fsp3) is 0.300. The molecule has 1 aliphatic rings. The van der Waals surface area contributed by atoms with Crippen molar-refractivity contribution in [3.63, 3.8) is 0 Å². The zero-order valence-electron chi connectivity index (χ0n) is 14.0. The molecule has 3 rings (SSSR count). The van der Waals surface area contributed by atoms with E-state index in [1.165, 1.54) is 6.92 Å². The largest absolute Gasteiger partial charge is 0.466 e. The number of benzene rings is 2. The molecule has 1 aliphatic heterocycles. The Morgan fingerprint density at radius 1 is 1.08 bits per heavy atom. The van der Waals surface area contributed by atoms with Crippen LogP contribution in [0.25, 0.3) is 0 Å². The highest BCUT2D eigenvalue weighted by molar-refractivity contribution is 5.99. The molecule has 2 aromatic rings. The van der Waals surface area contributed by atoms with Gasteiger partial charge in [0, 0.05) is 25.5 Å². The molecular weight excluding hydrogens is 302 g/mol. The average molecular weight is 323 g/mol. The maximum atomic E-state index is 12.9. The van der Waals surface area contributed by atoms with Crippen LogP contribution in [-0.2, 0) is 21.6 Å². The first kappa shape index (κ1) is 16.2. The Labute approximate surface area is 142 Å². The van der Waals surface area contributed by atoms with Crippen LogP contribution in [0.2, 0.25) is 0 Å². The fourth-order valence-corrected chi connectivity index (χ4v) is 3.33. The van der Waals surface area contributed by atoms with Crippen molar-refractivity contribution in [2.24, 2.45) is 0 Å². The van der Waals surface area contributed by atoms with Gasteiger partial charge in [0.25, 0.3) is 5.91 Å². The number of ether oxygens (including phenoxy) is 1. The molecule has 2 aromatic carbocycles. The second kappa shape index (κ2) is 6.48. The second-order valence-corrected chi connectivity index (χ2v) is 6.29. The smallest absolute Gasteiger partial charge is 0.302 e. The molecule has 1 heterocycles. The van der Waals surface area contributed by atoms with Crippen LogP contribution in [0.15, 0.2) is 54.6 Å². The van der Waals surface area contributed by atoms with Crippen LogP contribution in [0.4, 0.5) is 0 Å². The van der Waals surface area contributed by atoms with Crippen molar-refractivity contribution >= 4 is 11.9 Å². The third-order valence-corrected chi connectivity index (χ3v) is 4.66. The van der Waals surface area contributed by atoms with Crippen LogP contribution in [-0.4, -0.2) is 23.4 Å².